The molecule has 3 unspecified atom stereocenters. The summed E-state index contributed by atoms with van der Waals surface area (Å²) < 4.78 is 68.1. The third-order valence-corrected chi connectivity index (χ3v) is 17.6. The minimum atomic E-state index is -4.95. The lowest BCUT2D eigenvalue weighted by Gasteiger charge is -2.21. The predicted molar refractivity (Wildman–Crippen MR) is 344 cm³/mol. The SMILES string of the molecule is CCC(C)CCCCCCCCC(=O)OC[C@H](COP(=O)(O)OC[C@H](O)COP(=O)(O)OC[C@@H](COC(=O)CCCCCCCCCCCCCCCC(C)C)OC(=O)CCCCCCCCC(C)C)OC(=O)CCCCCCCCCCC(C)C. The van der Waals surface area contributed by atoms with E-state index in [2.05, 4.69) is 55.4 Å². The molecule has 0 saturated carbocycles. The monoisotopic (exact) mass is 1270 g/mol. The first-order valence-corrected chi connectivity index (χ1v) is 37.7. The average Bonchev–Trinajstić information content (AvgIpc) is 3.52. The molecule has 19 heteroatoms. The predicted octanol–water partition coefficient (Wildman–Crippen LogP) is 18.5. The standard InChI is InChI=1S/C67H130O17P2/c1-9-60(8)46-38-30-24-26-32-40-48-65(70)78-54-62(83-66(71)49-41-33-22-18-17-20-28-36-44-58(4)5)55-81-85(73,74)79-51-61(68)52-80-86(75,76)82-56-63(84-67(72)50-42-34-25-23-29-37-45-59(6)7)53-77-64(69)47-39-31-21-16-14-12-10-11-13-15-19-27-35-43-57(2)3/h57-63,68H,9-56H2,1-8H3,(H,73,74)(H,75,76)/t60?,61-,62+,63+/m0/s1. The molecule has 17 nitrogen and oxygen atoms in total. The van der Waals surface area contributed by atoms with Gasteiger partial charge in [-0.05, 0) is 49.4 Å². The lowest BCUT2D eigenvalue weighted by atomic mass is 10.00. The molecule has 0 amide bonds. The molecular formula is C67H130O17P2. The van der Waals surface area contributed by atoms with Crippen molar-refractivity contribution in [2.75, 3.05) is 39.6 Å². The molecule has 0 rings (SSSR count). The van der Waals surface area contributed by atoms with Crippen LogP contribution in [0.15, 0.2) is 0 Å². The first-order chi connectivity index (χ1) is 41.1. The van der Waals surface area contributed by atoms with E-state index in [1.807, 2.05) is 0 Å². The van der Waals surface area contributed by atoms with E-state index in [9.17, 15) is 43.2 Å². The summed E-state index contributed by atoms with van der Waals surface area (Å²) in [6.07, 6.45) is 37.8. The number of ether oxygens (including phenoxy) is 4. The Kier molecular flexibility index (Phi) is 55.7. The zero-order valence-corrected chi connectivity index (χ0v) is 57.7. The first kappa shape index (κ1) is 84.1. The Hall–Kier alpha value is -1.94. The summed E-state index contributed by atoms with van der Waals surface area (Å²) in [7, 11) is -9.89. The van der Waals surface area contributed by atoms with E-state index in [1.165, 1.54) is 122 Å². The van der Waals surface area contributed by atoms with Gasteiger partial charge in [0.2, 0.25) is 0 Å². The van der Waals surface area contributed by atoms with Gasteiger partial charge in [-0.15, -0.1) is 0 Å². The van der Waals surface area contributed by atoms with Gasteiger partial charge >= 0.3 is 39.5 Å². The summed E-state index contributed by atoms with van der Waals surface area (Å²) in [6.45, 7) is 14.0. The average molecular weight is 1270 g/mol. The summed E-state index contributed by atoms with van der Waals surface area (Å²) in [6, 6.07) is 0. The maximum Gasteiger partial charge on any atom is 0.472 e. The second kappa shape index (κ2) is 57.0. The Morgan fingerprint density at radius 2 is 0.558 bits per heavy atom. The number of esters is 4. The Bertz CT molecular complexity index is 1720. The Morgan fingerprint density at radius 1 is 0.326 bits per heavy atom. The van der Waals surface area contributed by atoms with Gasteiger partial charge in [0.1, 0.15) is 19.3 Å². The first-order valence-electron chi connectivity index (χ1n) is 34.7. The van der Waals surface area contributed by atoms with Crippen LogP contribution in [0.5, 0.6) is 0 Å². The summed E-state index contributed by atoms with van der Waals surface area (Å²) in [5, 5.41) is 10.5. The van der Waals surface area contributed by atoms with Crippen molar-refractivity contribution in [1.29, 1.82) is 0 Å². The molecule has 0 aliphatic carbocycles. The van der Waals surface area contributed by atoms with Crippen molar-refractivity contribution in [3.8, 4) is 0 Å². The van der Waals surface area contributed by atoms with E-state index in [4.69, 9.17) is 37.0 Å². The highest BCUT2D eigenvalue weighted by Gasteiger charge is 2.30. The van der Waals surface area contributed by atoms with Gasteiger partial charge in [-0.3, -0.25) is 37.3 Å². The number of carbonyl (C=O) groups excluding carboxylic acids is 4. The zero-order valence-electron chi connectivity index (χ0n) is 55.9. The van der Waals surface area contributed by atoms with Gasteiger partial charge in [0.25, 0.3) is 0 Å². The fourth-order valence-electron chi connectivity index (χ4n) is 9.93. The quantitative estimate of drug-likeness (QED) is 0.0222. The van der Waals surface area contributed by atoms with Gasteiger partial charge < -0.3 is 33.8 Å². The van der Waals surface area contributed by atoms with Crippen molar-refractivity contribution in [1.82, 2.24) is 0 Å². The van der Waals surface area contributed by atoms with Crippen molar-refractivity contribution >= 4 is 39.5 Å². The van der Waals surface area contributed by atoms with Crippen LogP contribution < -0.4 is 0 Å². The van der Waals surface area contributed by atoms with Crippen LogP contribution in [0.3, 0.4) is 0 Å². The Balaban J connectivity index is 5.20. The lowest BCUT2D eigenvalue weighted by Crippen LogP contribution is -2.30. The number of aliphatic hydroxyl groups excluding tert-OH is 1. The molecule has 0 heterocycles. The normalized spacial score (nSPS) is 14.7. The van der Waals surface area contributed by atoms with Gasteiger partial charge in [-0.1, -0.05) is 274 Å². The fraction of sp³-hybridized carbons (Fsp3) is 0.940. The molecule has 0 radical (unpaired) electrons. The van der Waals surface area contributed by atoms with E-state index in [0.29, 0.717) is 31.6 Å². The summed E-state index contributed by atoms with van der Waals surface area (Å²) in [4.78, 5) is 72.3. The largest absolute Gasteiger partial charge is 0.472 e. The van der Waals surface area contributed by atoms with E-state index in [0.717, 1.165) is 114 Å². The van der Waals surface area contributed by atoms with E-state index < -0.39 is 97.5 Å². The molecule has 6 atom stereocenters. The third-order valence-electron chi connectivity index (χ3n) is 15.7. The molecule has 0 spiro atoms. The van der Waals surface area contributed by atoms with Crippen molar-refractivity contribution in [3.63, 3.8) is 0 Å². The Labute approximate surface area is 524 Å². The molecule has 0 aromatic heterocycles. The summed E-state index contributed by atoms with van der Waals surface area (Å²) in [5.74, 6) is 0.770. The molecule has 0 fully saturated rings. The van der Waals surface area contributed by atoms with Crippen molar-refractivity contribution in [2.45, 2.75) is 343 Å². The second-order valence-corrected chi connectivity index (χ2v) is 28.8. The number of unbranched alkanes of at least 4 members (excludes halogenated alkanes) is 29. The van der Waals surface area contributed by atoms with Gasteiger partial charge in [-0.25, -0.2) is 9.13 Å². The van der Waals surface area contributed by atoms with Gasteiger partial charge in [-0.2, -0.15) is 0 Å². The topological polar surface area (TPSA) is 237 Å². The number of rotatable bonds is 64. The van der Waals surface area contributed by atoms with Crippen LogP contribution in [-0.2, 0) is 65.4 Å². The Morgan fingerprint density at radius 3 is 0.826 bits per heavy atom. The minimum absolute atomic E-state index is 0.101. The van der Waals surface area contributed by atoms with E-state index >= 15 is 0 Å². The second-order valence-electron chi connectivity index (χ2n) is 25.9. The van der Waals surface area contributed by atoms with E-state index in [-0.39, 0.29) is 25.7 Å². The zero-order chi connectivity index (χ0) is 63.9. The number of hydrogen-bond donors (Lipinski definition) is 3. The summed E-state index contributed by atoms with van der Waals surface area (Å²) in [5.41, 5.74) is 0. The number of carbonyl (C=O) groups is 4. The van der Waals surface area contributed by atoms with Crippen LogP contribution in [0.1, 0.15) is 325 Å². The minimum Gasteiger partial charge on any atom is -0.462 e. The van der Waals surface area contributed by atoms with Gasteiger partial charge in [0.15, 0.2) is 12.2 Å². The maximum absolute atomic E-state index is 13.0. The van der Waals surface area contributed by atoms with Gasteiger partial charge in [0.05, 0.1) is 26.4 Å². The number of aliphatic hydroxyl groups is 1. The smallest absolute Gasteiger partial charge is 0.462 e. The molecule has 0 aromatic carbocycles. The maximum atomic E-state index is 13.0. The highest BCUT2D eigenvalue weighted by Crippen LogP contribution is 2.45. The van der Waals surface area contributed by atoms with Crippen LogP contribution in [0, 0.1) is 23.7 Å². The molecular weight excluding hydrogens is 1140 g/mol. The molecule has 3 N–H and O–H groups in total. The highest BCUT2D eigenvalue weighted by molar-refractivity contribution is 7.47. The van der Waals surface area contributed by atoms with Crippen LogP contribution in [0.2, 0.25) is 0 Å². The fourth-order valence-corrected chi connectivity index (χ4v) is 11.5. The van der Waals surface area contributed by atoms with Crippen molar-refractivity contribution in [2.24, 2.45) is 23.7 Å². The lowest BCUT2D eigenvalue weighted by molar-refractivity contribution is -0.161. The molecule has 0 saturated heterocycles. The van der Waals surface area contributed by atoms with Gasteiger partial charge in [0, 0.05) is 25.7 Å². The summed E-state index contributed by atoms with van der Waals surface area (Å²) >= 11 is 0. The van der Waals surface area contributed by atoms with Crippen LogP contribution >= 0.6 is 15.6 Å². The molecule has 0 bridgehead atoms. The van der Waals surface area contributed by atoms with E-state index in [1.54, 1.807) is 0 Å². The number of hydrogen-bond acceptors (Lipinski definition) is 15. The van der Waals surface area contributed by atoms with Crippen LogP contribution in [0.25, 0.3) is 0 Å². The van der Waals surface area contributed by atoms with Crippen LogP contribution in [-0.4, -0.2) is 96.7 Å². The third kappa shape index (κ3) is 59.7. The number of phosphoric acid groups is 2. The molecule has 510 valence electrons. The van der Waals surface area contributed by atoms with Crippen molar-refractivity contribution < 1.29 is 80.2 Å². The molecule has 0 aromatic rings. The molecule has 0 aliphatic rings. The van der Waals surface area contributed by atoms with Crippen molar-refractivity contribution in [3.05, 3.63) is 0 Å². The molecule has 86 heavy (non-hydrogen) atoms. The highest BCUT2D eigenvalue weighted by atomic mass is 31.2. The molecule has 0 aliphatic heterocycles. The van der Waals surface area contributed by atoms with Crippen LogP contribution in [0.4, 0.5) is 0 Å². The number of phosphoric ester groups is 2.